The first-order valence-corrected chi connectivity index (χ1v) is 6.98. The van der Waals surface area contributed by atoms with E-state index in [4.69, 9.17) is 11.6 Å². The van der Waals surface area contributed by atoms with E-state index in [1.165, 1.54) is 0 Å². The summed E-state index contributed by atoms with van der Waals surface area (Å²) < 4.78 is 0. The lowest BCUT2D eigenvalue weighted by Gasteiger charge is -2.25. The van der Waals surface area contributed by atoms with Gasteiger partial charge in [0.05, 0.1) is 22.0 Å². The second-order valence-electron chi connectivity index (χ2n) is 5.53. The smallest absolute Gasteiger partial charge is 0.0951 e. The number of aromatic amines is 1. The molecule has 0 aliphatic heterocycles. The quantitative estimate of drug-likeness (QED) is 0.865. The third-order valence-electron chi connectivity index (χ3n) is 3.85. The second-order valence-corrected chi connectivity index (χ2v) is 5.91. The lowest BCUT2D eigenvalue weighted by atomic mass is 9.98. The Kier molecular flexibility index (Phi) is 4.30. The molecule has 1 aromatic rings. The van der Waals surface area contributed by atoms with E-state index >= 15 is 0 Å². The minimum Gasteiger partial charge on any atom is -0.390 e. The molecule has 4 nitrogen and oxygen atoms in total. The van der Waals surface area contributed by atoms with E-state index < -0.39 is 5.60 Å². The first kappa shape index (κ1) is 13.8. The minimum atomic E-state index is -0.431. The summed E-state index contributed by atoms with van der Waals surface area (Å²) in [7, 11) is 2.04. The van der Waals surface area contributed by atoms with Crippen molar-refractivity contribution in [3.05, 3.63) is 16.4 Å². The van der Waals surface area contributed by atoms with Gasteiger partial charge in [0.1, 0.15) is 0 Å². The van der Waals surface area contributed by atoms with Crippen LogP contribution < -0.4 is 0 Å². The minimum absolute atomic E-state index is 0.431. The predicted molar refractivity (Wildman–Crippen MR) is 72.7 cm³/mol. The van der Waals surface area contributed by atoms with Gasteiger partial charge in [-0.05, 0) is 33.2 Å². The number of rotatable bonds is 5. The molecule has 1 aliphatic carbocycles. The van der Waals surface area contributed by atoms with Crippen LogP contribution in [0.5, 0.6) is 0 Å². The molecule has 0 atom stereocenters. The summed E-state index contributed by atoms with van der Waals surface area (Å²) in [6, 6.07) is 0. The van der Waals surface area contributed by atoms with Crippen LogP contribution in [0, 0.1) is 6.92 Å². The molecular weight excluding hydrogens is 250 g/mol. The molecule has 2 rings (SSSR count). The molecule has 1 heterocycles. The Morgan fingerprint density at radius 3 is 2.67 bits per heavy atom. The van der Waals surface area contributed by atoms with Crippen molar-refractivity contribution in [1.82, 2.24) is 15.1 Å². The van der Waals surface area contributed by atoms with Crippen LogP contribution in [0.4, 0.5) is 0 Å². The monoisotopic (exact) mass is 271 g/mol. The summed E-state index contributed by atoms with van der Waals surface area (Å²) in [4.78, 5) is 2.16. The van der Waals surface area contributed by atoms with Crippen LogP contribution in [-0.2, 0) is 6.54 Å². The number of nitrogens with zero attached hydrogens (tertiary/aromatic N) is 2. The van der Waals surface area contributed by atoms with Gasteiger partial charge in [-0.1, -0.05) is 24.4 Å². The first-order valence-electron chi connectivity index (χ1n) is 6.60. The Morgan fingerprint density at radius 2 is 2.11 bits per heavy atom. The van der Waals surface area contributed by atoms with Crippen molar-refractivity contribution in [2.24, 2.45) is 0 Å². The number of aromatic nitrogens is 2. The first-order chi connectivity index (χ1) is 8.50. The number of H-pyrrole nitrogens is 1. The Balaban J connectivity index is 1.82. The molecule has 1 saturated carbocycles. The van der Waals surface area contributed by atoms with Crippen LogP contribution in [0.25, 0.3) is 0 Å². The van der Waals surface area contributed by atoms with Gasteiger partial charge >= 0.3 is 0 Å². The molecule has 0 amide bonds. The summed E-state index contributed by atoms with van der Waals surface area (Å²) in [5.74, 6) is 0. The van der Waals surface area contributed by atoms with Gasteiger partial charge in [-0.15, -0.1) is 0 Å². The molecule has 1 aromatic heterocycles. The summed E-state index contributed by atoms with van der Waals surface area (Å²) in [5.41, 5.74) is 1.36. The zero-order valence-electron chi connectivity index (χ0n) is 11.2. The largest absolute Gasteiger partial charge is 0.390 e. The van der Waals surface area contributed by atoms with Gasteiger partial charge in [0.2, 0.25) is 0 Å². The second kappa shape index (κ2) is 5.59. The van der Waals surface area contributed by atoms with Gasteiger partial charge in [-0.25, -0.2) is 0 Å². The Bertz CT molecular complexity index is 399. The van der Waals surface area contributed by atoms with Crippen molar-refractivity contribution in [1.29, 1.82) is 0 Å². The average molecular weight is 272 g/mol. The van der Waals surface area contributed by atoms with Crippen LogP contribution in [0.15, 0.2) is 0 Å². The van der Waals surface area contributed by atoms with Crippen molar-refractivity contribution in [2.45, 2.75) is 51.2 Å². The molecule has 18 heavy (non-hydrogen) atoms. The number of nitrogens with one attached hydrogen (secondary N) is 1. The number of aliphatic hydroxyl groups is 1. The third-order valence-corrected chi connectivity index (χ3v) is 4.36. The molecule has 0 bridgehead atoms. The highest BCUT2D eigenvalue weighted by atomic mass is 35.5. The molecule has 1 aliphatic rings. The molecule has 0 aromatic carbocycles. The standard InChI is InChI=1S/C13H22ClN3O/c1-10-12(14)11(16-15-10)9-17(2)8-7-13(18)5-3-4-6-13/h18H,3-9H2,1-2H3,(H,15,16). The van der Waals surface area contributed by atoms with Crippen LogP contribution in [0.3, 0.4) is 0 Å². The van der Waals surface area contributed by atoms with Crippen LogP contribution in [-0.4, -0.2) is 39.4 Å². The highest BCUT2D eigenvalue weighted by molar-refractivity contribution is 6.31. The molecule has 0 radical (unpaired) electrons. The summed E-state index contributed by atoms with van der Waals surface area (Å²) in [5, 5.41) is 18.1. The maximum Gasteiger partial charge on any atom is 0.0951 e. The predicted octanol–water partition coefficient (Wildman–Crippen LogP) is 2.50. The van der Waals surface area contributed by atoms with Gasteiger partial charge in [-0.3, -0.25) is 5.10 Å². The molecule has 5 heteroatoms. The fourth-order valence-electron chi connectivity index (χ4n) is 2.59. The number of hydrogen-bond donors (Lipinski definition) is 2. The number of halogens is 1. The van der Waals surface area contributed by atoms with Gasteiger partial charge in [0.15, 0.2) is 0 Å². The lowest BCUT2D eigenvalue weighted by molar-refractivity contribution is 0.0296. The molecule has 1 fully saturated rings. The highest BCUT2D eigenvalue weighted by Crippen LogP contribution is 2.32. The summed E-state index contributed by atoms with van der Waals surface area (Å²) >= 11 is 6.14. The van der Waals surface area contributed by atoms with Gasteiger partial charge in [0.25, 0.3) is 0 Å². The highest BCUT2D eigenvalue weighted by Gasteiger charge is 2.30. The number of hydrogen-bond acceptors (Lipinski definition) is 3. The van der Waals surface area contributed by atoms with E-state index in [0.717, 1.165) is 61.6 Å². The van der Waals surface area contributed by atoms with Crippen molar-refractivity contribution in [2.75, 3.05) is 13.6 Å². The molecular formula is C13H22ClN3O. The fourth-order valence-corrected chi connectivity index (χ4v) is 2.73. The maximum absolute atomic E-state index is 10.3. The lowest BCUT2D eigenvalue weighted by Crippen LogP contribution is -2.31. The van der Waals surface area contributed by atoms with E-state index in [-0.39, 0.29) is 0 Å². The molecule has 0 spiro atoms. The zero-order valence-corrected chi connectivity index (χ0v) is 11.9. The van der Waals surface area contributed by atoms with Crippen LogP contribution in [0.1, 0.15) is 43.5 Å². The Labute approximate surface area is 113 Å². The van der Waals surface area contributed by atoms with Gasteiger partial charge in [-0.2, -0.15) is 5.10 Å². The SMILES string of the molecule is Cc1[nH]nc(CN(C)CCC2(O)CCCC2)c1Cl. The van der Waals surface area contributed by atoms with Crippen molar-refractivity contribution >= 4 is 11.6 Å². The van der Waals surface area contributed by atoms with Crippen molar-refractivity contribution in [3.63, 3.8) is 0 Å². The van der Waals surface area contributed by atoms with Crippen LogP contribution in [0.2, 0.25) is 5.02 Å². The molecule has 102 valence electrons. The molecule has 0 unspecified atom stereocenters. The van der Waals surface area contributed by atoms with E-state index in [2.05, 4.69) is 15.1 Å². The normalized spacial score (nSPS) is 18.7. The van der Waals surface area contributed by atoms with Crippen LogP contribution >= 0.6 is 11.6 Å². The fraction of sp³-hybridized carbons (Fsp3) is 0.769. The van der Waals surface area contributed by atoms with Gasteiger partial charge < -0.3 is 10.0 Å². The number of aryl methyl sites for hydroxylation is 1. The van der Waals surface area contributed by atoms with E-state index in [1.54, 1.807) is 0 Å². The maximum atomic E-state index is 10.3. The van der Waals surface area contributed by atoms with Gasteiger partial charge in [0, 0.05) is 13.1 Å². The summed E-state index contributed by atoms with van der Waals surface area (Å²) in [6.45, 7) is 3.51. The molecule has 2 N–H and O–H groups in total. The zero-order chi connectivity index (χ0) is 13.2. The summed E-state index contributed by atoms with van der Waals surface area (Å²) in [6.07, 6.45) is 5.05. The topological polar surface area (TPSA) is 52.2 Å². The third kappa shape index (κ3) is 3.25. The van der Waals surface area contributed by atoms with Crippen molar-refractivity contribution in [3.8, 4) is 0 Å². The molecule has 0 saturated heterocycles. The Hall–Kier alpha value is -0.580. The van der Waals surface area contributed by atoms with E-state index in [1.807, 2.05) is 14.0 Å². The van der Waals surface area contributed by atoms with E-state index in [0.29, 0.717) is 0 Å². The average Bonchev–Trinajstić information content (AvgIpc) is 2.89. The van der Waals surface area contributed by atoms with E-state index in [9.17, 15) is 5.11 Å². The van der Waals surface area contributed by atoms with Crippen molar-refractivity contribution < 1.29 is 5.11 Å². The Morgan fingerprint density at radius 1 is 1.44 bits per heavy atom.